The second-order valence-electron chi connectivity index (χ2n) is 2.71. The maximum Gasteiger partial charge on any atom is 0.314 e. The molecule has 0 heterocycles. The number of hydrogen-bond donors (Lipinski definition) is 1. The van der Waals surface area contributed by atoms with Crippen LogP contribution < -0.4 is 0 Å². The third-order valence-corrected chi connectivity index (χ3v) is 1.92. The lowest BCUT2D eigenvalue weighted by molar-refractivity contribution is -0.536. The lowest BCUT2D eigenvalue weighted by Gasteiger charge is -1.97. The van der Waals surface area contributed by atoms with Crippen molar-refractivity contribution in [2.24, 2.45) is 5.92 Å². The fourth-order valence-corrected chi connectivity index (χ4v) is 0.909. The van der Waals surface area contributed by atoms with Gasteiger partial charge in [-0.3, -0.25) is 14.9 Å². The molecule has 0 radical (unpaired) electrons. The number of carbonyl (C=O) groups is 1. The summed E-state index contributed by atoms with van der Waals surface area (Å²) < 4.78 is 0. The first-order valence-corrected chi connectivity index (χ1v) is 2.86. The summed E-state index contributed by atoms with van der Waals surface area (Å²) >= 11 is 0. The minimum Gasteiger partial charge on any atom is -0.481 e. The molecule has 2 atom stereocenters. The number of hydrogen-bond acceptors (Lipinski definition) is 3. The van der Waals surface area contributed by atoms with Crippen LogP contribution in [-0.4, -0.2) is 21.5 Å². The van der Waals surface area contributed by atoms with Gasteiger partial charge >= 0.3 is 5.97 Å². The van der Waals surface area contributed by atoms with E-state index in [0.29, 0.717) is 0 Å². The minimum absolute atomic E-state index is 0.162. The molecule has 10 heavy (non-hydrogen) atoms. The Morgan fingerprint density at radius 3 is 2.50 bits per heavy atom. The van der Waals surface area contributed by atoms with E-state index in [1.165, 1.54) is 6.92 Å². The summed E-state index contributed by atoms with van der Waals surface area (Å²) in [6, 6.07) is 0. The van der Waals surface area contributed by atoms with Crippen molar-refractivity contribution in [2.45, 2.75) is 18.9 Å². The Labute approximate surface area is 56.8 Å². The number of aliphatic carboxylic acids is 1. The smallest absolute Gasteiger partial charge is 0.314 e. The summed E-state index contributed by atoms with van der Waals surface area (Å²) in [5, 5.41) is 18.5. The van der Waals surface area contributed by atoms with E-state index in [1.54, 1.807) is 0 Å². The first-order chi connectivity index (χ1) is 4.48. The van der Waals surface area contributed by atoms with Crippen molar-refractivity contribution in [2.75, 3.05) is 0 Å². The Morgan fingerprint density at radius 2 is 2.40 bits per heavy atom. The van der Waals surface area contributed by atoms with Crippen LogP contribution >= 0.6 is 0 Å². The van der Waals surface area contributed by atoms with Gasteiger partial charge in [0.1, 0.15) is 5.92 Å². The zero-order chi connectivity index (χ0) is 7.94. The standard InChI is InChI=1S/C5H7NO4/c1-5(6(9)10)2-3(5)4(7)8/h3H,2H2,1H3,(H,7,8)/t3-,5+/m0/s1. The first kappa shape index (κ1) is 6.98. The van der Waals surface area contributed by atoms with Gasteiger partial charge in [0, 0.05) is 18.3 Å². The summed E-state index contributed by atoms with van der Waals surface area (Å²) in [6.07, 6.45) is 0.162. The molecule has 0 aromatic rings. The van der Waals surface area contributed by atoms with E-state index in [1.807, 2.05) is 0 Å². The molecule has 0 aliphatic heterocycles. The number of nitro groups is 1. The van der Waals surface area contributed by atoms with Crippen molar-refractivity contribution in [3.05, 3.63) is 10.1 Å². The van der Waals surface area contributed by atoms with Crippen molar-refractivity contribution in [3.63, 3.8) is 0 Å². The largest absolute Gasteiger partial charge is 0.481 e. The molecule has 0 aromatic carbocycles. The van der Waals surface area contributed by atoms with E-state index in [-0.39, 0.29) is 6.42 Å². The van der Waals surface area contributed by atoms with E-state index in [4.69, 9.17) is 5.11 Å². The summed E-state index contributed by atoms with van der Waals surface area (Å²) in [5.74, 6) is -1.85. The summed E-state index contributed by atoms with van der Waals surface area (Å²) in [5.41, 5.74) is -1.19. The highest BCUT2D eigenvalue weighted by Crippen LogP contribution is 2.45. The highest BCUT2D eigenvalue weighted by molar-refractivity contribution is 5.75. The second-order valence-corrected chi connectivity index (χ2v) is 2.71. The molecule has 5 nitrogen and oxygen atoms in total. The summed E-state index contributed by atoms with van der Waals surface area (Å²) in [7, 11) is 0. The van der Waals surface area contributed by atoms with Crippen LogP contribution in [0.1, 0.15) is 13.3 Å². The molecule has 5 heteroatoms. The SMILES string of the molecule is C[C@@]1([N+](=O)[O-])C[C@H]1C(=O)O. The number of nitrogens with zero attached hydrogens (tertiary/aromatic N) is 1. The predicted molar refractivity (Wildman–Crippen MR) is 31.1 cm³/mol. The molecule has 1 fully saturated rings. The number of carboxylic acids is 1. The van der Waals surface area contributed by atoms with Crippen LogP contribution in [0.5, 0.6) is 0 Å². The van der Waals surface area contributed by atoms with E-state index in [2.05, 4.69) is 0 Å². The molecule has 0 aromatic heterocycles. The molecule has 0 saturated heterocycles. The average molecular weight is 145 g/mol. The Kier molecular flexibility index (Phi) is 1.17. The van der Waals surface area contributed by atoms with Gasteiger partial charge in [0.05, 0.1) is 0 Å². The zero-order valence-electron chi connectivity index (χ0n) is 5.40. The maximum atomic E-state index is 10.2. The fraction of sp³-hybridized carbons (Fsp3) is 0.800. The molecule has 1 saturated carbocycles. The van der Waals surface area contributed by atoms with Crippen LogP contribution in [0.3, 0.4) is 0 Å². The van der Waals surface area contributed by atoms with Crippen LogP contribution in [0.2, 0.25) is 0 Å². The quantitative estimate of drug-likeness (QED) is 0.442. The molecule has 1 aliphatic carbocycles. The van der Waals surface area contributed by atoms with E-state index < -0.39 is 22.3 Å². The van der Waals surface area contributed by atoms with Crippen LogP contribution in [0, 0.1) is 16.0 Å². The zero-order valence-corrected chi connectivity index (χ0v) is 5.40. The van der Waals surface area contributed by atoms with Gasteiger partial charge in [0.2, 0.25) is 5.54 Å². The Balaban J connectivity index is 2.65. The van der Waals surface area contributed by atoms with Crippen LogP contribution in [0.25, 0.3) is 0 Å². The summed E-state index contributed by atoms with van der Waals surface area (Å²) in [6.45, 7) is 1.35. The third-order valence-electron chi connectivity index (χ3n) is 1.92. The van der Waals surface area contributed by atoms with Crippen LogP contribution in [-0.2, 0) is 4.79 Å². The van der Waals surface area contributed by atoms with Crippen LogP contribution in [0.4, 0.5) is 0 Å². The van der Waals surface area contributed by atoms with Gasteiger partial charge in [-0.2, -0.15) is 0 Å². The van der Waals surface area contributed by atoms with Crippen molar-refractivity contribution < 1.29 is 14.8 Å². The molecular formula is C5H7NO4. The van der Waals surface area contributed by atoms with E-state index in [0.717, 1.165) is 0 Å². The molecule has 0 amide bonds. The monoisotopic (exact) mass is 145 g/mol. The molecular weight excluding hydrogens is 138 g/mol. The van der Waals surface area contributed by atoms with Crippen molar-refractivity contribution in [1.82, 2.24) is 0 Å². The normalized spacial score (nSPS) is 37.1. The lowest BCUT2D eigenvalue weighted by atomic mass is 10.2. The van der Waals surface area contributed by atoms with E-state index in [9.17, 15) is 14.9 Å². The average Bonchev–Trinajstić information content (AvgIpc) is 2.43. The fourth-order valence-electron chi connectivity index (χ4n) is 0.909. The van der Waals surface area contributed by atoms with Crippen molar-refractivity contribution in [3.8, 4) is 0 Å². The van der Waals surface area contributed by atoms with Gasteiger partial charge in [-0.25, -0.2) is 0 Å². The Morgan fingerprint density at radius 1 is 1.90 bits per heavy atom. The van der Waals surface area contributed by atoms with Crippen molar-refractivity contribution >= 4 is 5.97 Å². The van der Waals surface area contributed by atoms with Crippen LogP contribution in [0.15, 0.2) is 0 Å². The molecule has 1 aliphatic rings. The van der Waals surface area contributed by atoms with Gasteiger partial charge < -0.3 is 5.11 Å². The molecule has 1 N–H and O–H groups in total. The molecule has 0 unspecified atom stereocenters. The number of rotatable bonds is 2. The third kappa shape index (κ3) is 0.741. The highest BCUT2D eigenvalue weighted by atomic mass is 16.6. The lowest BCUT2D eigenvalue weighted by Crippen LogP contribution is -2.22. The van der Waals surface area contributed by atoms with Gasteiger partial charge in [0.25, 0.3) is 0 Å². The molecule has 56 valence electrons. The van der Waals surface area contributed by atoms with Gasteiger partial charge in [-0.1, -0.05) is 0 Å². The van der Waals surface area contributed by atoms with Crippen molar-refractivity contribution in [1.29, 1.82) is 0 Å². The molecule has 0 spiro atoms. The highest BCUT2D eigenvalue weighted by Gasteiger charge is 2.66. The Bertz CT molecular complexity index is 202. The first-order valence-electron chi connectivity index (χ1n) is 2.86. The second kappa shape index (κ2) is 1.68. The van der Waals surface area contributed by atoms with Gasteiger partial charge in [0.15, 0.2) is 0 Å². The topological polar surface area (TPSA) is 80.4 Å². The Hall–Kier alpha value is -1.13. The maximum absolute atomic E-state index is 10.2. The molecule has 0 bridgehead atoms. The molecule has 1 rings (SSSR count). The minimum atomic E-state index is -1.19. The summed E-state index contributed by atoms with van der Waals surface area (Å²) in [4.78, 5) is 19.8. The number of carboxylic acid groups (broad SMARTS) is 1. The van der Waals surface area contributed by atoms with Gasteiger partial charge in [-0.15, -0.1) is 0 Å². The van der Waals surface area contributed by atoms with Gasteiger partial charge in [-0.05, 0) is 0 Å². The van der Waals surface area contributed by atoms with E-state index >= 15 is 0 Å². The predicted octanol–water partition coefficient (Wildman–Crippen LogP) is 0.126.